The van der Waals surface area contributed by atoms with Crippen LogP contribution in [0.3, 0.4) is 0 Å². The van der Waals surface area contributed by atoms with Gasteiger partial charge in [-0.15, -0.1) is 0 Å². The second kappa shape index (κ2) is 8.69. The van der Waals surface area contributed by atoms with Crippen molar-refractivity contribution in [3.8, 4) is 23.0 Å². The van der Waals surface area contributed by atoms with Crippen molar-refractivity contribution in [3.05, 3.63) is 48.5 Å². The molecule has 0 saturated carbocycles. The van der Waals surface area contributed by atoms with Crippen LogP contribution in [-0.2, 0) is 0 Å². The topological polar surface area (TPSA) is 58.9 Å². The van der Waals surface area contributed by atoms with Gasteiger partial charge in [0, 0.05) is 0 Å². The van der Waals surface area contributed by atoms with Gasteiger partial charge in [-0.1, -0.05) is 0 Å². The summed E-state index contributed by atoms with van der Waals surface area (Å²) < 4.78 is 10.3. The van der Waals surface area contributed by atoms with Crippen LogP contribution in [0.2, 0.25) is 0 Å². The Morgan fingerprint density at radius 2 is 0.950 bits per heavy atom. The molecule has 0 fully saturated rings. The SMILES string of the molecule is CCOc1ccc(O)cc1.CCOc1ccc(O)cc1. The predicted octanol–water partition coefficient (Wildman–Crippen LogP) is 3.58. The van der Waals surface area contributed by atoms with Gasteiger partial charge < -0.3 is 19.7 Å². The summed E-state index contributed by atoms with van der Waals surface area (Å²) in [5, 5.41) is 17.7. The minimum absolute atomic E-state index is 0.267. The van der Waals surface area contributed by atoms with Crippen LogP contribution in [0.15, 0.2) is 48.5 Å². The number of hydrogen-bond acceptors (Lipinski definition) is 4. The van der Waals surface area contributed by atoms with Crippen molar-refractivity contribution in [1.29, 1.82) is 0 Å². The highest BCUT2D eigenvalue weighted by Crippen LogP contribution is 2.16. The number of benzene rings is 2. The Kier molecular flexibility index (Phi) is 6.82. The summed E-state index contributed by atoms with van der Waals surface area (Å²) in [7, 11) is 0. The van der Waals surface area contributed by atoms with Gasteiger partial charge in [0.1, 0.15) is 23.0 Å². The van der Waals surface area contributed by atoms with E-state index < -0.39 is 0 Å². The van der Waals surface area contributed by atoms with Gasteiger partial charge in [0.2, 0.25) is 0 Å². The third kappa shape index (κ3) is 6.00. The van der Waals surface area contributed by atoms with E-state index in [9.17, 15) is 0 Å². The van der Waals surface area contributed by atoms with Crippen molar-refractivity contribution in [2.45, 2.75) is 13.8 Å². The zero-order chi connectivity index (χ0) is 14.8. The van der Waals surface area contributed by atoms with E-state index in [0.29, 0.717) is 13.2 Å². The summed E-state index contributed by atoms with van der Waals surface area (Å²) in [6, 6.07) is 13.3. The highest BCUT2D eigenvalue weighted by Gasteiger charge is 1.90. The highest BCUT2D eigenvalue weighted by molar-refractivity contribution is 5.30. The van der Waals surface area contributed by atoms with Crippen molar-refractivity contribution in [3.63, 3.8) is 0 Å². The fourth-order valence-electron chi connectivity index (χ4n) is 1.42. The zero-order valence-electron chi connectivity index (χ0n) is 11.7. The molecule has 0 spiro atoms. The third-order valence-electron chi connectivity index (χ3n) is 2.30. The molecule has 108 valence electrons. The van der Waals surface area contributed by atoms with Gasteiger partial charge in [-0.05, 0) is 62.4 Å². The highest BCUT2D eigenvalue weighted by atomic mass is 16.5. The maximum absolute atomic E-state index is 8.87. The third-order valence-corrected chi connectivity index (χ3v) is 2.30. The Hall–Kier alpha value is -2.36. The largest absolute Gasteiger partial charge is 0.508 e. The second-order valence-corrected chi connectivity index (χ2v) is 3.85. The molecule has 4 heteroatoms. The Labute approximate surface area is 119 Å². The maximum Gasteiger partial charge on any atom is 0.119 e. The molecule has 2 aromatic carbocycles. The fraction of sp³-hybridized carbons (Fsp3) is 0.250. The monoisotopic (exact) mass is 276 g/mol. The predicted molar refractivity (Wildman–Crippen MR) is 78.6 cm³/mol. The molecule has 0 aromatic heterocycles. The number of rotatable bonds is 4. The molecule has 0 aliphatic heterocycles. The fourth-order valence-corrected chi connectivity index (χ4v) is 1.42. The van der Waals surface area contributed by atoms with Crippen LogP contribution < -0.4 is 9.47 Å². The van der Waals surface area contributed by atoms with Crippen LogP contribution in [0, 0.1) is 0 Å². The van der Waals surface area contributed by atoms with Gasteiger partial charge in [0.25, 0.3) is 0 Å². The number of aromatic hydroxyl groups is 2. The first-order chi connectivity index (χ1) is 9.65. The molecule has 0 aliphatic rings. The van der Waals surface area contributed by atoms with Crippen LogP contribution in [-0.4, -0.2) is 23.4 Å². The van der Waals surface area contributed by atoms with Gasteiger partial charge in [-0.2, -0.15) is 0 Å². The lowest BCUT2D eigenvalue weighted by atomic mass is 10.3. The minimum Gasteiger partial charge on any atom is -0.508 e. The molecule has 0 bridgehead atoms. The lowest BCUT2D eigenvalue weighted by molar-refractivity contribution is 0.339. The molecule has 0 unspecified atom stereocenters. The number of phenolic OH excluding ortho intramolecular Hbond substituents is 2. The van der Waals surface area contributed by atoms with Crippen molar-refractivity contribution in [1.82, 2.24) is 0 Å². The smallest absolute Gasteiger partial charge is 0.119 e. The molecule has 2 N–H and O–H groups in total. The molecule has 2 rings (SSSR count). The van der Waals surface area contributed by atoms with Crippen molar-refractivity contribution >= 4 is 0 Å². The maximum atomic E-state index is 8.87. The quantitative estimate of drug-likeness (QED) is 0.896. The molecule has 0 heterocycles. The van der Waals surface area contributed by atoms with E-state index in [1.165, 1.54) is 0 Å². The minimum atomic E-state index is 0.267. The zero-order valence-corrected chi connectivity index (χ0v) is 11.7. The summed E-state index contributed by atoms with van der Waals surface area (Å²) in [4.78, 5) is 0. The first-order valence-electron chi connectivity index (χ1n) is 6.49. The summed E-state index contributed by atoms with van der Waals surface area (Å²) in [6.07, 6.45) is 0. The molecular weight excluding hydrogens is 256 g/mol. The Morgan fingerprint density at radius 3 is 1.20 bits per heavy atom. The molecule has 2 aromatic rings. The van der Waals surface area contributed by atoms with E-state index >= 15 is 0 Å². The molecule has 0 radical (unpaired) electrons. The van der Waals surface area contributed by atoms with Gasteiger partial charge in [-0.25, -0.2) is 0 Å². The Balaban J connectivity index is 0.000000200. The summed E-state index contributed by atoms with van der Waals surface area (Å²) in [6.45, 7) is 5.16. The van der Waals surface area contributed by atoms with E-state index in [-0.39, 0.29) is 11.5 Å². The van der Waals surface area contributed by atoms with E-state index in [4.69, 9.17) is 19.7 Å². The van der Waals surface area contributed by atoms with Crippen LogP contribution in [0.1, 0.15) is 13.8 Å². The molecule has 4 nitrogen and oxygen atoms in total. The van der Waals surface area contributed by atoms with Gasteiger partial charge in [0.05, 0.1) is 13.2 Å². The van der Waals surface area contributed by atoms with Crippen molar-refractivity contribution in [2.75, 3.05) is 13.2 Å². The molecule has 0 saturated heterocycles. The summed E-state index contributed by atoms with van der Waals surface area (Å²) >= 11 is 0. The second-order valence-electron chi connectivity index (χ2n) is 3.85. The number of hydrogen-bond donors (Lipinski definition) is 2. The number of phenols is 2. The van der Waals surface area contributed by atoms with Crippen LogP contribution in [0.25, 0.3) is 0 Å². The van der Waals surface area contributed by atoms with Gasteiger partial charge >= 0.3 is 0 Å². The first-order valence-corrected chi connectivity index (χ1v) is 6.49. The lowest BCUT2D eigenvalue weighted by Crippen LogP contribution is -1.89. The van der Waals surface area contributed by atoms with E-state index in [1.807, 2.05) is 13.8 Å². The van der Waals surface area contributed by atoms with Crippen LogP contribution in [0.4, 0.5) is 0 Å². The average Bonchev–Trinajstić information content (AvgIpc) is 2.45. The van der Waals surface area contributed by atoms with E-state index in [1.54, 1.807) is 48.5 Å². The molecule has 20 heavy (non-hydrogen) atoms. The molecular formula is C16H20O4. The molecule has 0 amide bonds. The Morgan fingerprint density at radius 1 is 0.650 bits per heavy atom. The Bertz CT molecular complexity index is 429. The lowest BCUT2D eigenvalue weighted by Gasteiger charge is -2.00. The first kappa shape index (κ1) is 15.7. The van der Waals surface area contributed by atoms with Crippen LogP contribution >= 0.6 is 0 Å². The standard InChI is InChI=1S/2C8H10O2/c2*1-2-10-8-5-3-7(9)4-6-8/h2*3-6,9H,2H2,1H3. The van der Waals surface area contributed by atoms with Crippen molar-refractivity contribution < 1.29 is 19.7 Å². The molecule has 0 atom stereocenters. The van der Waals surface area contributed by atoms with Crippen LogP contribution in [0.5, 0.6) is 23.0 Å². The van der Waals surface area contributed by atoms with Crippen molar-refractivity contribution in [2.24, 2.45) is 0 Å². The molecule has 0 aliphatic carbocycles. The van der Waals surface area contributed by atoms with Gasteiger partial charge in [0.15, 0.2) is 0 Å². The summed E-state index contributed by atoms with van der Waals surface area (Å²) in [5.74, 6) is 2.12. The average molecular weight is 276 g/mol. The van der Waals surface area contributed by atoms with E-state index in [0.717, 1.165) is 11.5 Å². The van der Waals surface area contributed by atoms with Gasteiger partial charge in [-0.3, -0.25) is 0 Å². The normalized spacial score (nSPS) is 9.30. The van der Waals surface area contributed by atoms with E-state index in [2.05, 4.69) is 0 Å². The number of ether oxygens (including phenoxy) is 2. The summed E-state index contributed by atoms with van der Waals surface area (Å²) in [5.41, 5.74) is 0.